The zero-order valence-electron chi connectivity index (χ0n) is 10.6. The molecule has 0 spiro atoms. The topological polar surface area (TPSA) is 42.7 Å². The van der Waals surface area contributed by atoms with E-state index in [1.807, 2.05) is 4.68 Å². The summed E-state index contributed by atoms with van der Waals surface area (Å²) in [6.45, 7) is 3.85. The SMILES string of the molecule is CCn1ncnc1-c1ccccc1CNC1CC1. The van der Waals surface area contributed by atoms with Gasteiger partial charge in [-0.05, 0) is 25.3 Å². The quantitative estimate of drug-likeness (QED) is 0.874. The minimum atomic E-state index is 0.724. The predicted molar refractivity (Wildman–Crippen MR) is 71.0 cm³/mol. The third-order valence-corrected chi connectivity index (χ3v) is 3.33. The van der Waals surface area contributed by atoms with Gasteiger partial charge in [0.2, 0.25) is 0 Å². The van der Waals surface area contributed by atoms with Gasteiger partial charge in [-0.1, -0.05) is 24.3 Å². The van der Waals surface area contributed by atoms with Gasteiger partial charge in [-0.3, -0.25) is 0 Å². The maximum absolute atomic E-state index is 4.38. The van der Waals surface area contributed by atoms with E-state index in [-0.39, 0.29) is 0 Å². The summed E-state index contributed by atoms with van der Waals surface area (Å²) < 4.78 is 1.94. The fraction of sp³-hybridized carbons (Fsp3) is 0.429. The zero-order valence-corrected chi connectivity index (χ0v) is 10.6. The molecule has 0 amide bonds. The lowest BCUT2D eigenvalue weighted by Crippen LogP contribution is -2.16. The van der Waals surface area contributed by atoms with E-state index in [1.165, 1.54) is 24.0 Å². The molecule has 0 saturated heterocycles. The monoisotopic (exact) mass is 242 g/mol. The van der Waals surface area contributed by atoms with E-state index in [4.69, 9.17) is 0 Å². The number of aryl methyl sites for hydroxylation is 1. The van der Waals surface area contributed by atoms with E-state index < -0.39 is 0 Å². The molecule has 0 unspecified atom stereocenters. The number of hydrogen-bond donors (Lipinski definition) is 1. The Kier molecular flexibility index (Phi) is 3.11. The van der Waals surface area contributed by atoms with Crippen LogP contribution in [0.15, 0.2) is 30.6 Å². The van der Waals surface area contributed by atoms with Gasteiger partial charge in [0, 0.05) is 24.7 Å². The minimum absolute atomic E-state index is 0.724. The van der Waals surface area contributed by atoms with E-state index in [9.17, 15) is 0 Å². The van der Waals surface area contributed by atoms with Crippen molar-refractivity contribution >= 4 is 0 Å². The molecule has 94 valence electrons. The summed E-state index contributed by atoms with van der Waals surface area (Å²) in [6, 6.07) is 9.16. The van der Waals surface area contributed by atoms with Gasteiger partial charge in [-0.15, -0.1) is 0 Å². The molecule has 0 bridgehead atoms. The standard InChI is InChI=1S/C14H18N4/c1-2-18-14(16-10-17-18)13-6-4-3-5-11(13)9-15-12-7-8-12/h3-6,10,12,15H,2,7-9H2,1H3. The summed E-state index contributed by atoms with van der Waals surface area (Å²) in [4.78, 5) is 4.38. The largest absolute Gasteiger partial charge is 0.310 e. The molecule has 3 rings (SSSR count). The Balaban J connectivity index is 1.89. The number of hydrogen-bond acceptors (Lipinski definition) is 3. The number of nitrogens with one attached hydrogen (secondary N) is 1. The Morgan fingerprint density at radius 3 is 2.94 bits per heavy atom. The van der Waals surface area contributed by atoms with Gasteiger partial charge < -0.3 is 5.32 Å². The summed E-state index contributed by atoms with van der Waals surface area (Å²) in [5.41, 5.74) is 2.48. The molecule has 0 radical (unpaired) electrons. The van der Waals surface area contributed by atoms with E-state index in [2.05, 4.69) is 46.6 Å². The van der Waals surface area contributed by atoms with Crippen LogP contribution in [0.2, 0.25) is 0 Å². The normalized spacial score (nSPS) is 14.9. The first-order chi connectivity index (χ1) is 8.88. The van der Waals surface area contributed by atoms with Crippen LogP contribution in [0, 0.1) is 0 Å². The van der Waals surface area contributed by atoms with Crippen LogP contribution in [0.25, 0.3) is 11.4 Å². The summed E-state index contributed by atoms with van der Waals surface area (Å²) in [5.74, 6) is 0.964. The highest BCUT2D eigenvalue weighted by molar-refractivity contribution is 5.60. The van der Waals surface area contributed by atoms with Crippen LogP contribution in [0.1, 0.15) is 25.3 Å². The van der Waals surface area contributed by atoms with Gasteiger partial charge in [-0.2, -0.15) is 5.10 Å². The molecule has 1 aromatic carbocycles. The molecule has 18 heavy (non-hydrogen) atoms. The Labute approximate surface area is 107 Å². The van der Waals surface area contributed by atoms with Crippen molar-refractivity contribution in [2.75, 3.05) is 0 Å². The first-order valence-electron chi connectivity index (χ1n) is 6.58. The Morgan fingerprint density at radius 1 is 1.33 bits per heavy atom. The molecular formula is C14H18N4. The Morgan fingerprint density at radius 2 is 2.17 bits per heavy atom. The lowest BCUT2D eigenvalue weighted by Gasteiger charge is -2.10. The van der Waals surface area contributed by atoms with Crippen molar-refractivity contribution in [2.24, 2.45) is 0 Å². The van der Waals surface area contributed by atoms with E-state index in [0.29, 0.717) is 0 Å². The van der Waals surface area contributed by atoms with Crippen LogP contribution >= 0.6 is 0 Å². The maximum Gasteiger partial charge on any atom is 0.158 e. The second-order valence-corrected chi connectivity index (χ2v) is 4.71. The van der Waals surface area contributed by atoms with Crippen LogP contribution in [-0.2, 0) is 13.1 Å². The van der Waals surface area contributed by atoms with Crippen LogP contribution in [0.4, 0.5) is 0 Å². The van der Waals surface area contributed by atoms with Crippen molar-refractivity contribution in [1.82, 2.24) is 20.1 Å². The smallest absolute Gasteiger partial charge is 0.158 e. The van der Waals surface area contributed by atoms with Gasteiger partial charge in [-0.25, -0.2) is 9.67 Å². The summed E-state index contributed by atoms with van der Waals surface area (Å²) in [6.07, 6.45) is 4.25. The van der Waals surface area contributed by atoms with Gasteiger partial charge in [0.25, 0.3) is 0 Å². The lowest BCUT2D eigenvalue weighted by atomic mass is 10.1. The van der Waals surface area contributed by atoms with Gasteiger partial charge in [0.1, 0.15) is 6.33 Å². The molecule has 1 aliphatic carbocycles. The van der Waals surface area contributed by atoms with Crippen molar-refractivity contribution in [3.8, 4) is 11.4 Å². The molecule has 1 heterocycles. The molecule has 0 aliphatic heterocycles. The summed E-state index contributed by atoms with van der Waals surface area (Å²) >= 11 is 0. The predicted octanol–water partition coefficient (Wildman–Crippen LogP) is 2.22. The highest BCUT2D eigenvalue weighted by Crippen LogP contribution is 2.24. The third-order valence-electron chi connectivity index (χ3n) is 3.33. The molecule has 1 saturated carbocycles. The molecule has 0 atom stereocenters. The zero-order chi connectivity index (χ0) is 12.4. The average molecular weight is 242 g/mol. The molecular weight excluding hydrogens is 224 g/mol. The van der Waals surface area contributed by atoms with Crippen molar-refractivity contribution in [3.63, 3.8) is 0 Å². The second kappa shape index (κ2) is 4.90. The summed E-state index contributed by atoms with van der Waals surface area (Å²) in [5, 5.41) is 7.80. The van der Waals surface area contributed by atoms with Crippen LogP contribution in [0.3, 0.4) is 0 Å². The maximum atomic E-state index is 4.38. The number of nitrogens with zero attached hydrogens (tertiary/aromatic N) is 3. The van der Waals surface area contributed by atoms with Crippen LogP contribution in [-0.4, -0.2) is 20.8 Å². The molecule has 1 aliphatic rings. The minimum Gasteiger partial charge on any atom is -0.310 e. The molecule has 1 N–H and O–H groups in total. The molecule has 2 aromatic rings. The number of aromatic nitrogens is 3. The molecule has 1 fully saturated rings. The van der Waals surface area contributed by atoms with E-state index in [1.54, 1.807) is 6.33 Å². The van der Waals surface area contributed by atoms with Crippen molar-refractivity contribution < 1.29 is 0 Å². The Hall–Kier alpha value is -1.68. The molecule has 4 heteroatoms. The van der Waals surface area contributed by atoms with Gasteiger partial charge in [0.05, 0.1) is 0 Å². The average Bonchev–Trinajstić information content (AvgIpc) is 3.12. The fourth-order valence-corrected chi connectivity index (χ4v) is 2.14. The number of benzene rings is 1. The second-order valence-electron chi connectivity index (χ2n) is 4.71. The summed E-state index contributed by atoms with van der Waals surface area (Å²) in [7, 11) is 0. The van der Waals surface area contributed by atoms with Crippen LogP contribution < -0.4 is 5.32 Å². The fourth-order valence-electron chi connectivity index (χ4n) is 2.14. The van der Waals surface area contributed by atoms with Crippen molar-refractivity contribution in [2.45, 2.75) is 38.9 Å². The molecule has 1 aromatic heterocycles. The third kappa shape index (κ3) is 2.29. The first-order valence-corrected chi connectivity index (χ1v) is 6.58. The Bertz CT molecular complexity index is 528. The van der Waals surface area contributed by atoms with Crippen molar-refractivity contribution in [3.05, 3.63) is 36.2 Å². The highest BCUT2D eigenvalue weighted by Gasteiger charge is 2.20. The highest BCUT2D eigenvalue weighted by atomic mass is 15.3. The van der Waals surface area contributed by atoms with Gasteiger partial charge >= 0.3 is 0 Å². The van der Waals surface area contributed by atoms with E-state index in [0.717, 1.165) is 25.0 Å². The lowest BCUT2D eigenvalue weighted by molar-refractivity contribution is 0.661. The van der Waals surface area contributed by atoms with Crippen molar-refractivity contribution in [1.29, 1.82) is 0 Å². The first kappa shape index (κ1) is 11.4. The van der Waals surface area contributed by atoms with Crippen LogP contribution in [0.5, 0.6) is 0 Å². The molecule has 4 nitrogen and oxygen atoms in total. The number of rotatable bonds is 5. The van der Waals surface area contributed by atoms with E-state index >= 15 is 0 Å². The van der Waals surface area contributed by atoms with Gasteiger partial charge in [0.15, 0.2) is 5.82 Å².